The second-order valence-electron chi connectivity index (χ2n) is 3.87. The zero-order chi connectivity index (χ0) is 15.6. The van der Waals surface area contributed by atoms with Crippen LogP contribution in [0.2, 0.25) is 0 Å². The molecule has 0 saturated carbocycles. The lowest BCUT2D eigenvalue weighted by molar-refractivity contribution is 0.0696. The number of carbonyl (C=O) groups is 1. The molecule has 0 amide bonds. The van der Waals surface area contributed by atoms with Gasteiger partial charge in [-0.15, -0.1) is 11.3 Å². The number of carboxylic acids is 1. The Morgan fingerprint density at radius 1 is 1.29 bits per heavy atom. The summed E-state index contributed by atoms with van der Waals surface area (Å²) in [4.78, 5) is 11.0. The number of nitriles is 1. The molecule has 0 saturated heterocycles. The highest BCUT2D eigenvalue weighted by Gasteiger charge is 2.19. The van der Waals surface area contributed by atoms with Gasteiger partial charge in [0, 0.05) is 0 Å². The van der Waals surface area contributed by atoms with E-state index in [0.29, 0.717) is 0 Å². The molecule has 2 aromatic rings. The van der Waals surface area contributed by atoms with Crippen LogP contribution in [0, 0.1) is 11.3 Å². The summed E-state index contributed by atoms with van der Waals surface area (Å²) in [5, 5.41) is 27.1. The number of hydrogen-bond donors (Lipinski definition) is 3. The third kappa shape index (κ3) is 3.13. The lowest BCUT2D eigenvalue weighted by Crippen LogP contribution is -2.11. The molecule has 108 valence electrons. The summed E-state index contributed by atoms with van der Waals surface area (Å²) >= 11 is 0.786. The Bertz CT molecular complexity index is 849. The average Bonchev–Trinajstić information content (AvgIpc) is 2.90. The van der Waals surface area contributed by atoms with Gasteiger partial charge in [-0.25, -0.2) is 13.2 Å². The number of nitrogens with zero attached hydrogens (tertiary/aromatic N) is 1. The maximum Gasteiger partial charge on any atom is 0.335 e. The molecule has 0 atom stereocenters. The molecule has 2 rings (SSSR count). The quantitative estimate of drug-likeness (QED) is 0.736. The van der Waals surface area contributed by atoms with Crippen molar-refractivity contribution in [2.75, 3.05) is 4.72 Å². The van der Waals surface area contributed by atoms with Crippen LogP contribution in [0.25, 0.3) is 0 Å². The first kappa shape index (κ1) is 14.8. The first-order chi connectivity index (χ1) is 9.83. The molecular weight excluding hydrogens is 316 g/mol. The van der Waals surface area contributed by atoms with E-state index in [9.17, 15) is 18.3 Å². The van der Waals surface area contributed by atoms with Crippen LogP contribution in [-0.2, 0) is 10.0 Å². The highest BCUT2D eigenvalue weighted by Crippen LogP contribution is 2.29. The van der Waals surface area contributed by atoms with Crippen molar-refractivity contribution in [1.29, 1.82) is 5.26 Å². The van der Waals surface area contributed by atoms with Gasteiger partial charge < -0.3 is 10.2 Å². The number of phenolic OH excluding ortho intramolecular Hbond substituents is 1. The molecular formula is C12H8N2O5S2. The van der Waals surface area contributed by atoms with Crippen LogP contribution in [0.3, 0.4) is 0 Å². The van der Waals surface area contributed by atoms with Crippen molar-refractivity contribution in [3.8, 4) is 11.8 Å². The van der Waals surface area contributed by atoms with E-state index in [4.69, 9.17) is 10.4 Å². The summed E-state index contributed by atoms with van der Waals surface area (Å²) in [6.07, 6.45) is 0. The van der Waals surface area contributed by atoms with Crippen molar-refractivity contribution in [2.24, 2.45) is 0 Å². The summed E-state index contributed by atoms with van der Waals surface area (Å²) in [6, 6.07) is 7.72. The number of hydrogen-bond acceptors (Lipinski definition) is 6. The number of aromatic carboxylic acids is 1. The number of benzene rings is 1. The standard InChI is InChI=1S/C12H8N2O5S2/c13-6-8-2-4-11(20-8)21(18,19)14-9-3-1-7(12(16)17)5-10(9)15/h1-5,14-15H,(H,16,17). The molecule has 1 aromatic carbocycles. The highest BCUT2D eigenvalue weighted by molar-refractivity contribution is 7.94. The van der Waals surface area contributed by atoms with Crippen LogP contribution in [0.5, 0.6) is 5.75 Å². The van der Waals surface area contributed by atoms with E-state index in [2.05, 4.69) is 4.72 Å². The summed E-state index contributed by atoms with van der Waals surface area (Å²) in [6.45, 7) is 0. The number of carboxylic acid groups (broad SMARTS) is 1. The summed E-state index contributed by atoms with van der Waals surface area (Å²) in [5.41, 5.74) is -0.315. The van der Waals surface area contributed by atoms with Gasteiger partial charge in [-0.3, -0.25) is 4.72 Å². The minimum atomic E-state index is -3.95. The number of rotatable bonds is 4. The summed E-state index contributed by atoms with van der Waals surface area (Å²) in [5.74, 6) is -1.74. The van der Waals surface area contributed by atoms with E-state index in [1.165, 1.54) is 12.1 Å². The van der Waals surface area contributed by atoms with E-state index in [1.54, 1.807) is 0 Å². The summed E-state index contributed by atoms with van der Waals surface area (Å²) < 4.78 is 26.2. The van der Waals surface area contributed by atoms with Gasteiger partial charge in [-0.05, 0) is 30.3 Å². The maximum absolute atomic E-state index is 12.1. The fourth-order valence-electron chi connectivity index (χ4n) is 1.47. The zero-order valence-electron chi connectivity index (χ0n) is 10.3. The lowest BCUT2D eigenvalue weighted by atomic mass is 10.2. The molecule has 0 unspecified atom stereocenters. The molecule has 3 N–H and O–H groups in total. The molecule has 0 fully saturated rings. The number of nitrogens with one attached hydrogen (secondary N) is 1. The SMILES string of the molecule is N#Cc1ccc(S(=O)(=O)Nc2ccc(C(=O)O)cc2O)s1. The second kappa shape index (κ2) is 5.43. The fraction of sp³-hybridized carbons (Fsp3) is 0. The Morgan fingerprint density at radius 3 is 2.52 bits per heavy atom. The Morgan fingerprint density at radius 2 is 2.00 bits per heavy atom. The molecule has 0 bridgehead atoms. The van der Waals surface area contributed by atoms with E-state index < -0.39 is 21.7 Å². The molecule has 0 spiro atoms. The minimum Gasteiger partial charge on any atom is -0.506 e. The van der Waals surface area contributed by atoms with E-state index in [0.717, 1.165) is 29.5 Å². The molecule has 21 heavy (non-hydrogen) atoms. The van der Waals surface area contributed by atoms with Gasteiger partial charge in [0.15, 0.2) is 0 Å². The fourth-order valence-corrected chi connectivity index (χ4v) is 3.65. The van der Waals surface area contributed by atoms with Crippen molar-refractivity contribution in [2.45, 2.75) is 4.21 Å². The third-order valence-corrected chi connectivity index (χ3v) is 5.29. The third-order valence-electron chi connectivity index (χ3n) is 2.45. The van der Waals surface area contributed by atoms with Gasteiger partial charge in [0.05, 0.1) is 11.3 Å². The highest BCUT2D eigenvalue weighted by atomic mass is 32.2. The van der Waals surface area contributed by atoms with Crippen molar-refractivity contribution in [3.63, 3.8) is 0 Å². The Balaban J connectivity index is 2.33. The van der Waals surface area contributed by atoms with Crippen LogP contribution < -0.4 is 4.72 Å². The minimum absolute atomic E-state index is 0.0826. The first-order valence-corrected chi connectivity index (χ1v) is 7.72. The van der Waals surface area contributed by atoms with Gasteiger partial charge in [0.1, 0.15) is 20.9 Å². The van der Waals surface area contributed by atoms with Crippen LogP contribution in [0.15, 0.2) is 34.5 Å². The van der Waals surface area contributed by atoms with Crippen LogP contribution >= 0.6 is 11.3 Å². The molecule has 0 aliphatic rings. The van der Waals surface area contributed by atoms with Crippen molar-refractivity contribution in [1.82, 2.24) is 0 Å². The summed E-state index contributed by atoms with van der Waals surface area (Å²) in [7, 11) is -3.95. The molecule has 1 aromatic heterocycles. The molecule has 9 heteroatoms. The van der Waals surface area contributed by atoms with Crippen LogP contribution in [0.4, 0.5) is 5.69 Å². The topological polar surface area (TPSA) is 127 Å². The van der Waals surface area contributed by atoms with Crippen molar-refractivity contribution < 1.29 is 23.4 Å². The number of sulfonamides is 1. The van der Waals surface area contributed by atoms with Crippen LogP contribution in [-0.4, -0.2) is 24.6 Å². The van der Waals surface area contributed by atoms with Gasteiger partial charge >= 0.3 is 5.97 Å². The number of thiophene rings is 1. The molecule has 1 heterocycles. The number of aromatic hydroxyl groups is 1. The second-order valence-corrected chi connectivity index (χ2v) is 6.87. The maximum atomic E-state index is 12.1. The number of anilines is 1. The Labute approximate surface area is 123 Å². The van der Waals surface area contributed by atoms with E-state index >= 15 is 0 Å². The Kier molecular flexibility index (Phi) is 3.84. The first-order valence-electron chi connectivity index (χ1n) is 5.42. The van der Waals surface area contributed by atoms with Gasteiger partial charge in [-0.2, -0.15) is 5.26 Å². The van der Waals surface area contributed by atoms with Gasteiger partial charge in [0.2, 0.25) is 0 Å². The zero-order valence-corrected chi connectivity index (χ0v) is 11.9. The van der Waals surface area contributed by atoms with Crippen molar-refractivity contribution in [3.05, 3.63) is 40.8 Å². The largest absolute Gasteiger partial charge is 0.506 e. The average molecular weight is 324 g/mol. The monoisotopic (exact) mass is 324 g/mol. The number of phenols is 1. The van der Waals surface area contributed by atoms with E-state index in [-0.39, 0.29) is 20.3 Å². The molecule has 0 radical (unpaired) electrons. The molecule has 0 aliphatic heterocycles. The predicted octanol–water partition coefficient (Wildman–Crippen LogP) is 1.82. The smallest absolute Gasteiger partial charge is 0.335 e. The lowest BCUT2D eigenvalue weighted by Gasteiger charge is -2.08. The van der Waals surface area contributed by atoms with E-state index in [1.807, 2.05) is 6.07 Å². The van der Waals surface area contributed by atoms with Gasteiger partial charge in [-0.1, -0.05) is 0 Å². The molecule has 7 nitrogen and oxygen atoms in total. The predicted molar refractivity (Wildman–Crippen MR) is 74.9 cm³/mol. The van der Waals surface area contributed by atoms with Gasteiger partial charge in [0.25, 0.3) is 10.0 Å². The molecule has 0 aliphatic carbocycles. The normalized spacial score (nSPS) is 10.8. The van der Waals surface area contributed by atoms with Crippen molar-refractivity contribution >= 4 is 33.0 Å². The Hall–Kier alpha value is -2.57. The van der Waals surface area contributed by atoms with Crippen LogP contribution in [0.1, 0.15) is 15.2 Å².